The third kappa shape index (κ3) is 20.2. The predicted molar refractivity (Wildman–Crippen MR) is 367 cm³/mol. The zero-order valence-electron chi connectivity index (χ0n) is 51.3. The first kappa shape index (κ1) is 76.2. The number of rotatable bonds is 15. The lowest BCUT2D eigenvalue weighted by atomic mass is 10.1. The molecular weight excluding hydrogens is 1430 g/mol. The smallest absolute Gasteiger partial charge is 0.335 e. The first-order valence-electron chi connectivity index (χ1n) is 28.7. The van der Waals surface area contributed by atoms with E-state index in [1.165, 1.54) is 47.7 Å². The molecule has 2 fully saturated rings. The number of carboxylic acid groups (broad SMARTS) is 2. The lowest BCUT2D eigenvalue weighted by Crippen LogP contribution is -2.30. The number of phenolic OH excluding ortho intramolecular Hbond substituents is 3. The van der Waals surface area contributed by atoms with Crippen LogP contribution in [-0.2, 0) is 38.6 Å². The Hall–Kier alpha value is -9.13. The summed E-state index contributed by atoms with van der Waals surface area (Å²) >= 11 is 17.2. The summed E-state index contributed by atoms with van der Waals surface area (Å²) in [5, 5.41) is 49.3. The van der Waals surface area contributed by atoms with Crippen LogP contribution >= 0.6 is 45.5 Å². The van der Waals surface area contributed by atoms with E-state index in [-0.39, 0.29) is 45.1 Å². The van der Waals surface area contributed by atoms with Crippen LogP contribution in [0, 0.1) is 17.5 Å². The summed E-state index contributed by atoms with van der Waals surface area (Å²) in [6.45, 7) is 2.95. The van der Waals surface area contributed by atoms with Crippen LogP contribution in [0.5, 0.6) is 17.2 Å². The van der Waals surface area contributed by atoms with Gasteiger partial charge in [-0.2, -0.15) is 0 Å². The molecule has 2 aliphatic heterocycles. The average molecular weight is 1490 g/mol. The van der Waals surface area contributed by atoms with Gasteiger partial charge in [-0.15, -0.1) is 0 Å². The Morgan fingerprint density at radius 3 is 1.24 bits per heavy atom. The van der Waals surface area contributed by atoms with E-state index >= 15 is 0 Å². The van der Waals surface area contributed by atoms with Gasteiger partial charge in [-0.25, -0.2) is 48.0 Å². The second-order valence-electron chi connectivity index (χ2n) is 21.1. The molecule has 0 spiro atoms. The molecule has 9 aromatic carbocycles. The van der Waals surface area contributed by atoms with Gasteiger partial charge in [0.1, 0.15) is 32.1 Å². The van der Waals surface area contributed by atoms with Crippen LogP contribution < -0.4 is 20.5 Å². The molecule has 10 N–H and O–H groups in total. The number of ether oxygens (including phenoxy) is 2. The predicted octanol–water partition coefficient (Wildman–Crippen LogP) is 13.6. The quantitative estimate of drug-likeness (QED) is 0.0340. The van der Waals surface area contributed by atoms with Crippen molar-refractivity contribution in [1.82, 2.24) is 10.2 Å². The Labute approximate surface area is 580 Å². The zero-order chi connectivity index (χ0) is 71.8. The maximum atomic E-state index is 14.5. The number of amides is 1. The van der Waals surface area contributed by atoms with Gasteiger partial charge < -0.3 is 51.0 Å². The third-order valence-corrected chi connectivity index (χ3v) is 19.5. The fourth-order valence-corrected chi connectivity index (χ4v) is 13.6. The first-order chi connectivity index (χ1) is 46.3. The fraction of sp³-hybridized carbons (Fsp3) is 0.149. The average Bonchev–Trinajstić information content (AvgIpc) is 0.943. The van der Waals surface area contributed by atoms with E-state index in [1.807, 2.05) is 41.1 Å². The van der Waals surface area contributed by atoms with Crippen molar-refractivity contribution in [2.24, 2.45) is 0 Å². The number of nitrogen functional groups attached to an aromatic ring is 1. The minimum atomic E-state index is -4.53. The Kier molecular flexibility index (Phi) is 26.4. The number of nitrogens with zero attached hydrogens (tertiary/aromatic N) is 1. The number of methoxy groups -OCH3 is 2. The first-order valence-corrected chi connectivity index (χ1v) is 35.1. The molecule has 0 radical (unpaired) electrons. The van der Waals surface area contributed by atoms with E-state index in [9.17, 15) is 68.1 Å². The number of carbonyl (C=O) groups excluding carboxylic acids is 1. The molecule has 2 atom stereocenters. The van der Waals surface area contributed by atoms with Gasteiger partial charge >= 0.3 is 11.9 Å². The van der Waals surface area contributed by atoms with Gasteiger partial charge in [0.05, 0.1) is 55.5 Å². The lowest BCUT2D eigenvalue weighted by Gasteiger charge is -2.18. The van der Waals surface area contributed by atoms with E-state index < -0.39 is 106 Å². The maximum Gasteiger partial charge on any atom is 0.335 e. The molecule has 0 saturated carbocycles. The van der Waals surface area contributed by atoms with Crippen LogP contribution in [0.3, 0.4) is 0 Å². The number of aromatic hydroxyl groups is 3. The molecule has 1 amide bonds. The van der Waals surface area contributed by atoms with E-state index in [4.69, 9.17) is 70.9 Å². The number of carboxylic acids is 2. The van der Waals surface area contributed by atoms with E-state index in [0.29, 0.717) is 36.7 Å². The monoisotopic (exact) mass is 1480 g/mol. The summed E-state index contributed by atoms with van der Waals surface area (Å²) in [4.78, 5) is 34.0. The van der Waals surface area contributed by atoms with Crippen molar-refractivity contribution in [2.75, 3.05) is 55.6 Å². The highest BCUT2D eigenvalue weighted by atomic mass is 35.7. The Bertz CT molecular complexity index is 4730. The molecule has 21 nitrogen and oxygen atoms in total. The number of anilines is 3. The minimum Gasteiger partial charge on any atom is -0.505 e. The van der Waals surface area contributed by atoms with Crippen LogP contribution in [0.1, 0.15) is 43.9 Å². The van der Waals surface area contributed by atoms with Crippen molar-refractivity contribution in [2.45, 2.75) is 39.7 Å². The van der Waals surface area contributed by atoms with E-state index in [0.717, 1.165) is 77.8 Å². The van der Waals surface area contributed by atoms with Crippen molar-refractivity contribution >= 4 is 109 Å². The Morgan fingerprint density at radius 2 is 0.888 bits per heavy atom. The Balaban J connectivity index is 0.000000188. The highest BCUT2D eigenvalue weighted by Crippen LogP contribution is 2.38. The van der Waals surface area contributed by atoms with Gasteiger partial charge in [0, 0.05) is 50.1 Å². The summed E-state index contributed by atoms with van der Waals surface area (Å²) in [7, 11) is -4.98. The maximum absolute atomic E-state index is 14.5. The number of halogens is 7. The lowest BCUT2D eigenvalue weighted by molar-refractivity contribution is 0.0685. The van der Waals surface area contributed by atoms with Crippen molar-refractivity contribution in [3.63, 3.8) is 0 Å². The summed E-state index contributed by atoms with van der Waals surface area (Å²) in [5.74, 6) is -7.61. The second kappa shape index (κ2) is 33.9. The molecule has 9 aromatic rings. The van der Waals surface area contributed by atoms with Crippen LogP contribution in [0.2, 0.25) is 15.1 Å². The number of hydrogen-bond acceptors (Lipinski definition) is 16. The van der Waals surface area contributed by atoms with Gasteiger partial charge in [0.2, 0.25) is 0 Å². The standard InChI is InChI=1S/C24H22ClFN2O5S.C19H13ClFNO5S.C12H10FN.C7H4Cl2O5S.C5H11NO/c1-33-18-9-10-28(14-18)24(30)17-11-19(25)23(29)22(13-17)34(31,32)27-21-12-16(7-8-20(21)26)15-5-3-2-4-6-15;20-14-8-13(19(24)25)10-17(18(14)23)28(26,27)22-16-9-12(6-7-15(16)21)11-4-2-1-3-5-11;13-11-7-6-10(8-12(11)14)9-4-2-1-3-5-9;8-4-1-3(7(11)12)2-5(6(4)10)15(9,13)14;1-7-5-2-3-6-4-5/h2-8,11-13,18,27,29H,9-10,14H2,1H3;1-10,22-23H,(H,24,25);1-8H,14H2;1-2,10H,(H,11,12);5-6H,2-4H2,1H3/t18-;;;;5-/m1...1/s1. The van der Waals surface area contributed by atoms with Crippen LogP contribution in [0.4, 0.5) is 30.2 Å². The molecular formula is C67H60Cl4F3N5O16S3. The molecule has 0 aromatic heterocycles. The molecule has 0 aliphatic carbocycles. The number of phenols is 3. The number of benzene rings is 9. The van der Waals surface area contributed by atoms with E-state index in [2.05, 4.69) is 10.0 Å². The SMILES string of the molecule is CO[C@@H]1CCN(C(=O)c2cc(Cl)c(O)c(S(=O)(=O)Nc3cc(-c4ccccc4)ccc3F)c2)C1.CO[C@@H]1CCNC1.Nc1cc(-c2ccccc2)ccc1F.O=C(O)c1cc(Cl)c(O)c(S(=O)(=O)Cl)c1.O=C(O)c1cc(Cl)c(O)c(S(=O)(=O)Nc2cc(-c3ccccc3)ccc2F)c1. The van der Waals surface area contributed by atoms with Crippen LogP contribution in [0.15, 0.2) is 197 Å². The van der Waals surface area contributed by atoms with Crippen LogP contribution in [0.25, 0.3) is 33.4 Å². The summed E-state index contributed by atoms with van der Waals surface area (Å²) in [6.07, 6.45) is 2.20. The van der Waals surface area contributed by atoms with Crippen molar-refractivity contribution in [1.29, 1.82) is 0 Å². The fourth-order valence-electron chi connectivity index (χ4n) is 9.39. The van der Waals surface area contributed by atoms with Crippen molar-refractivity contribution < 1.29 is 87.8 Å². The minimum absolute atomic E-state index is 0.0153. The second-order valence-corrected chi connectivity index (χ2v) is 28.2. The number of carbonyl (C=O) groups is 3. The topological polar surface area (TPSA) is 339 Å². The molecule has 0 unspecified atom stereocenters. The number of sulfonamides is 2. The number of likely N-dealkylation sites (tertiary alicyclic amines) is 1. The highest BCUT2D eigenvalue weighted by Gasteiger charge is 2.31. The van der Waals surface area contributed by atoms with Gasteiger partial charge in [-0.1, -0.05) is 144 Å². The number of nitrogens with two attached hydrogens (primary N) is 1. The molecule has 2 saturated heterocycles. The summed E-state index contributed by atoms with van der Waals surface area (Å²) in [5.41, 5.74) is 8.79. The largest absolute Gasteiger partial charge is 0.505 e. The highest BCUT2D eigenvalue weighted by molar-refractivity contribution is 8.13. The third-order valence-electron chi connectivity index (χ3n) is 14.5. The number of hydrogen-bond donors (Lipinski definition) is 9. The summed E-state index contributed by atoms with van der Waals surface area (Å²) < 4.78 is 130. The molecule has 516 valence electrons. The zero-order valence-corrected chi connectivity index (χ0v) is 56.8. The van der Waals surface area contributed by atoms with Gasteiger partial charge in [-0.05, 0) is 126 Å². The molecule has 31 heteroatoms. The van der Waals surface area contributed by atoms with Gasteiger partial charge in [0.25, 0.3) is 35.0 Å². The van der Waals surface area contributed by atoms with Crippen LogP contribution in [-0.4, -0.2) is 126 Å². The van der Waals surface area contributed by atoms with Gasteiger partial charge in [0.15, 0.2) is 17.2 Å². The van der Waals surface area contributed by atoms with Gasteiger partial charge in [-0.3, -0.25) is 14.2 Å². The molecule has 2 heterocycles. The van der Waals surface area contributed by atoms with E-state index in [1.54, 1.807) is 80.9 Å². The Morgan fingerprint density at radius 1 is 0.510 bits per heavy atom. The molecule has 0 bridgehead atoms. The summed E-state index contributed by atoms with van der Waals surface area (Å²) in [6, 6.07) is 45.9. The van der Waals surface area contributed by atoms with Crippen molar-refractivity contribution in [3.05, 3.63) is 231 Å². The number of nitrogens with one attached hydrogen (secondary N) is 3. The molecule has 2 aliphatic rings. The molecule has 11 rings (SSSR count). The number of aromatic carboxylic acids is 2. The normalized spacial score (nSPS) is 14.2. The molecule has 98 heavy (non-hydrogen) atoms. The van der Waals surface area contributed by atoms with Crippen molar-refractivity contribution in [3.8, 4) is 50.6 Å².